The number of halogens is 1. The van der Waals surface area contributed by atoms with Crippen LogP contribution in [0, 0.1) is 0 Å². The lowest BCUT2D eigenvalue weighted by Gasteiger charge is -2.17. The Morgan fingerprint density at radius 1 is 0.960 bits per heavy atom. The fourth-order valence-electron chi connectivity index (χ4n) is 2.57. The third kappa shape index (κ3) is 7.44. The summed E-state index contributed by atoms with van der Waals surface area (Å²) >= 11 is 0. The van der Waals surface area contributed by atoms with Gasteiger partial charge in [-0.1, -0.05) is 60.7 Å². The van der Waals surface area contributed by atoms with Crippen molar-refractivity contribution in [2.24, 2.45) is 4.99 Å². The number of methoxy groups -OCH3 is 1. The summed E-state index contributed by atoms with van der Waals surface area (Å²) in [5.41, 5.74) is 2.56. The summed E-state index contributed by atoms with van der Waals surface area (Å²) in [4.78, 5) is 4.78. The average molecular weight is 453 g/mol. The molecule has 0 heterocycles. The van der Waals surface area contributed by atoms with Crippen LogP contribution >= 0.6 is 24.0 Å². The van der Waals surface area contributed by atoms with Crippen LogP contribution in [-0.4, -0.2) is 39.3 Å². The van der Waals surface area contributed by atoms with Crippen molar-refractivity contribution in [3.8, 4) is 0 Å². The van der Waals surface area contributed by atoms with Crippen molar-refractivity contribution in [3.63, 3.8) is 0 Å². The standard InChI is InChI=1S/C20H27N3O.HI/c1-3-21-20(22-14-15-24-2)23-16-19(17-10-6-4-7-11-17)18-12-8-5-9-13-18;/h4-13,19H,3,14-16H2,1-2H3,(H2,21,22,23);1H. The van der Waals surface area contributed by atoms with Gasteiger partial charge in [-0.25, -0.2) is 0 Å². The number of hydrogen-bond acceptors (Lipinski definition) is 2. The summed E-state index contributed by atoms with van der Waals surface area (Å²) in [5, 5.41) is 6.58. The fraction of sp³-hybridized carbons (Fsp3) is 0.350. The second-order valence-corrected chi connectivity index (χ2v) is 5.51. The zero-order valence-corrected chi connectivity index (χ0v) is 17.3. The number of ether oxygens (including phenoxy) is 1. The van der Waals surface area contributed by atoms with Crippen LogP contribution in [-0.2, 0) is 4.74 Å². The van der Waals surface area contributed by atoms with Crippen LogP contribution in [0.4, 0.5) is 0 Å². The topological polar surface area (TPSA) is 45.7 Å². The Morgan fingerprint density at radius 3 is 2.00 bits per heavy atom. The van der Waals surface area contributed by atoms with E-state index in [0.29, 0.717) is 13.2 Å². The molecule has 0 aromatic heterocycles. The van der Waals surface area contributed by atoms with Crippen molar-refractivity contribution in [3.05, 3.63) is 71.8 Å². The summed E-state index contributed by atoms with van der Waals surface area (Å²) in [5.74, 6) is 1.07. The SMILES string of the molecule is CCNC(=NCC(c1ccccc1)c1ccccc1)NCCOC.I. The molecule has 25 heavy (non-hydrogen) atoms. The first kappa shape index (κ1) is 21.4. The molecule has 0 unspecified atom stereocenters. The minimum atomic E-state index is 0. The average Bonchev–Trinajstić information content (AvgIpc) is 2.64. The van der Waals surface area contributed by atoms with Gasteiger partial charge in [0.25, 0.3) is 0 Å². The molecule has 0 aliphatic rings. The lowest BCUT2D eigenvalue weighted by Crippen LogP contribution is -2.39. The van der Waals surface area contributed by atoms with Gasteiger partial charge in [0, 0.05) is 26.1 Å². The Labute approximate surface area is 168 Å². The number of benzene rings is 2. The molecular formula is C20H28IN3O. The van der Waals surface area contributed by atoms with Crippen molar-refractivity contribution >= 4 is 29.9 Å². The van der Waals surface area contributed by atoms with E-state index in [4.69, 9.17) is 9.73 Å². The van der Waals surface area contributed by atoms with E-state index in [1.807, 2.05) is 12.1 Å². The molecule has 0 radical (unpaired) electrons. The van der Waals surface area contributed by atoms with Gasteiger partial charge in [-0.2, -0.15) is 0 Å². The molecule has 0 saturated heterocycles. The largest absolute Gasteiger partial charge is 0.383 e. The van der Waals surface area contributed by atoms with E-state index in [0.717, 1.165) is 19.0 Å². The maximum Gasteiger partial charge on any atom is 0.191 e. The van der Waals surface area contributed by atoms with Crippen LogP contribution in [0.15, 0.2) is 65.7 Å². The minimum Gasteiger partial charge on any atom is -0.383 e. The van der Waals surface area contributed by atoms with Crippen LogP contribution < -0.4 is 10.6 Å². The summed E-state index contributed by atoms with van der Waals surface area (Å²) in [6, 6.07) is 21.1. The van der Waals surface area contributed by atoms with Gasteiger partial charge in [-0.3, -0.25) is 4.99 Å². The number of nitrogens with zero attached hydrogens (tertiary/aromatic N) is 1. The first-order chi connectivity index (χ1) is 11.8. The van der Waals surface area contributed by atoms with E-state index in [1.165, 1.54) is 11.1 Å². The van der Waals surface area contributed by atoms with Crippen molar-refractivity contribution in [2.75, 3.05) is 33.4 Å². The number of guanidine groups is 1. The molecule has 0 aliphatic heterocycles. The van der Waals surface area contributed by atoms with Gasteiger partial charge in [0.15, 0.2) is 5.96 Å². The zero-order valence-electron chi connectivity index (χ0n) is 14.9. The number of aliphatic imine (C=N–C) groups is 1. The molecule has 0 fully saturated rings. The predicted octanol–water partition coefficient (Wildman–Crippen LogP) is 3.64. The molecule has 0 aliphatic carbocycles. The molecule has 0 saturated carbocycles. The zero-order chi connectivity index (χ0) is 17.0. The quantitative estimate of drug-likeness (QED) is 0.278. The third-order valence-corrected chi connectivity index (χ3v) is 3.78. The maximum absolute atomic E-state index is 5.09. The highest BCUT2D eigenvalue weighted by atomic mass is 127. The molecule has 0 spiro atoms. The first-order valence-corrected chi connectivity index (χ1v) is 8.46. The Balaban J connectivity index is 0.00000312. The lowest BCUT2D eigenvalue weighted by molar-refractivity contribution is 0.203. The molecule has 2 N–H and O–H groups in total. The van der Waals surface area contributed by atoms with Crippen LogP contribution in [0.5, 0.6) is 0 Å². The Bertz CT molecular complexity index is 565. The van der Waals surface area contributed by atoms with E-state index in [2.05, 4.69) is 66.1 Å². The van der Waals surface area contributed by atoms with E-state index >= 15 is 0 Å². The number of rotatable bonds is 8. The van der Waals surface area contributed by atoms with E-state index in [-0.39, 0.29) is 29.9 Å². The summed E-state index contributed by atoms with van der Waals surface area (Å²) in [6.45, 7) is 4.99. The van der Waals surface area contributed by atoms with Crippen LogP contribution in [0.2, 0.25) is 0 Å². The molecule has 2 aromatic carbocycles. The van der Waals surface area contributed by atoms with Gasteiger partial charge in [-0.15, -0.1) is 24.0 Å². The summed E-state index contributed by atoms with van der Waals surface area (Å²) < 4.78 is 5.09. The van der Waals surface area contributed by atoms with Crippen LogP contribution in [0.1, 0.15) is 24.0 Å². The molecule has 136 valence electrons. The highest BCUT2D eigenvalue weighted by Gasteiger charge is 2.13. The fourth-order valence-corrected chi connectivity index (χ4v) is 2.57. The Morgan fingerprint density at radius 2 is 1.52 bits per heavy atom. The van der Waals surface area contributed by atoms with Gasteiger partial charge < -0.3 is 15.4 Å². The smallest absolute Gasteiger partial charge is 0.191 e. The van der Waals surface area contributed by atoms with Gasteiger partial charge >= 0.3 is 0 Å². The van der Waals surface area contributed by atoms with Gasteiger partial charge in [0.2, 0.25) is 0 Å². The molecule has 0 atom stereocenters. The molecule has 5 heteroatoms. The van der Waals surface area contributed by atoms with Crippen molar-refractivity contribution in [2.45, 2.75) is 12.8 Å². The molecule has 2 aromatic rings. The van der Waals surface area contributed by atoms with Crippen LogP contribution in [0.3, 0.4) is 0 Å². The third-order valence-electron chi connectivity index (χ3n) is 3.78. The predicted molar refractivity (Wildman–Crippen MR) is 116 cm³/mol. The Kier molecular flexibility index (Phi) is 10.9. The maximum atomic E-state index is 5.09. The second-order valence-electron chi connectivity index (χ2n) is 5.51. The highest BCUT2D eigenvalue weighted by Crippen LogP contribution is 2.24. The molecular weight excluding hydrogens is 425 g/mol. The van der Waals surface area contributed by atoms with E-state index in [1.54, 1.807) is 7.11 Å². The summed E-state index contributed by atoms with van der Waals surface area (Å²) in [7, 11) is 1.70. The van der Waals surface area contributed by atoms with Gasteiger partial charge in [-0.05, 0) is 18.1 Å². The monoisotopic (exact) mass is 453 g/mol. The normalized spacial score (nSPS) is 11.1. The highest BCUT2D eigenvalue weighted by molar-refractivity contribution is 14.0. The van der Waals surface area contributed by atoms with Crippen molar-refractivity contribution in [1.29, 1.82) is 0 Å². The van der Waals surface area contributed by atoms with E-state index in [9.17, 15) is 0 Å². The molecule has 4 nitrogen and oxygen atoms in total. The van der Waals surface area contributed by atoms with Crippen LogP contribution in [0.25, 0.3) is 0 Å². The van der Waals surface area contributed by atoms with Gasteiger partial charge in [0.1, 0.15) is 0 Å². The molecule has 0 bridgehead atoms. The van der Waals surface area contributed by atoms with E-state index < -0.39 is 0 Å². The van der Waals surface area contributed by atoms with Gasteiger partial charge in [0.05, 0.1) is 13.2 Å². The van der Waals surface area contributed by atoms with Crippen molar-refractivity contribution < 1.29 is 4.74 Å². The minimum absolute atomic E-state index is 0. The number of nitrogens with one attached hydrogen (secondary N) is 2. The second kappa shape index (κ2) is 12.7. The first-order valence-electron chi connectivity index (χ1n) is 8.46. The number of hydrogen-bond donors (Lipinski definition) is 2. The molecule has 2 rings (SSSR count). The Hall–Kier alpha value is -1.60. The van der Waals surface area contributed by atoms with Crippen molar-refractivity contribution in [1.82, 2.24) is 10.6 Å². The molecule has 0 amide bonds. The summed E-state index contributed by atoms with van der Waals surface area (Å²) in [6.07, 6.45) is 0. The lowest BCUT2D eigenvalue weighted by atomic mass is 9.91.